The van der Waals surface area contributed by atoms with E-state index in [0.717, 1.165) is 5.56 Å². The molecule has 0 bridgehead atoms. The molecule has 0 radical (unpaired) electrons. The third-order valence-electron chi connectivity index (χ3n) is 3.77. The molecule has 0 saturated heterocycles. The summed E-state index contributed by atoms with van der Waals surface area (Å²) in [5.74, 6) is 1.29. The van der Waals surface area contributed by atoms with Crippen molar-refractivity contribution in [1.29, 1.82) is 0 Å². The summed E-state index contributed by atoms with van der Waals surface area (Å²) >= 11 is 0. The summed E-state index contributed by atoms with van der Waals surface area (Å²) in [6.07, 6.45) is 5.63. The van der Waals surface area contributed by atoms with Crippen molar-refractivity contribution in [3.63, 3.8) is 0 Å². The highest BCUT2D eigenvalue weighted by molar-refractivity contribution is 5.76. The molecule has 0 heterocycles. The molecule has 0 amide bonds. The van der Waals surface area contributed by atoms with Gasteiger partial charge in [-0.1, -0.05) is 30.4 Å². The molecule has 2 aromatic rings. The number of methoxy groups -OCH3 is 3. The van der Waals surface area contributed by atoms with Gasteiger partial charge in [-0.15, -0.1) is 6.58 Å². The van der Waals surface area contributed by atoms with Gasteiger partial charge in [0.2, 0.25) is 5.75 Å². The summed E-state index contributed by atoms with van der Waals surface area (Å²) in [7, 11) is 4.64. The second-order valence-corrected chi connectivity index (χ2v) is 5.30. The van der Waals surface area contributed by atoms with Crippen molar-refractivity contribution in [2.24, 2.45) is 0 Å². The zero-order valence-electron chi connectivity index (χ0n) is 14.6. The lowest BCUT2D eigenvalue weighted by atomic mass is 10.0. The lowest BCUT2D eigenvalue weighted by Gasteiger charge is -2.13. The third-order valence-corrected chi connectivity index (χ3v) is 3.77. The fraction of sp³-hybridized carbons (Fsp3) is 0.200. The monoisotopic (exact) mass is 342 g/mol. The van der Waals surface area contributed by atoms with E-state index in [1.807, 2.05) is 0 Å². The predicted molar refractivity (Wildman–Crippen MR) is 98.7 cm³/mol. The van der Waals surface area contributed by atoms with Crippen LogP contribution in [0, 0.1) is 0 Å². The van der Waals surface area contributed by atoms with Gasteiger partial charge in [0.25, 0.3) is 0 Å². The van der Waals surface area contributed by atoms with Crippen molar-refractivity contribution < 1.29 is 24.4 Å². The van der Waals surface area contributed by atoms with E-state index in [2.05, 4.69) is 6.58 Å². The van der Waals surface area contributed by atoms with E-state index in [1.54, 1.807) is 63.8 Å². The maximum absolute atomic E-state index is 10.2. The molecule has 0 aliphatic rings. The average Bonchev–Trinajstić information content (AvgIpc) is 2.63. The maximum Gasteiger partial charge on any atom is 0.203 e. The first-order chi connectivity index (χ1) is 12.0. The quantitative estimate of drug-likeness (QED) is 0.452. The van der Waals surface area contributed by atoms with Crippen LogP contribution in [0.4, 0.5) is 0 Å². The molecule has 0 saturated carbocycles. The Morgan fingerprint density at radius 2 is 1.56 bits per heavy atom. The normalized spacial score (nSPS) is 10.7. The van der Waals surface area contributed by atoms with Gasteiger partial charge in [-0.05, 0) is 24.1 Å². The van der Waals surface area contributed by atoms with E-state index in [0.29, 0.717) is 34.8 Å². The number of rotatable bonds is 7. The number of hydrogen-bond acceptors (Lipinski definition) is 5. The zero-order valence-corrected chi connectivity index (χ0v) is 14.6. The minimum atomic E-state index is -0.164. The molecular formula is C20H22O5. The van der Waals surface area contributed by atoms with Gasteiger partial charge in [0, 0.05) is 11.1 Å². The molecular weight excluding hydrogens is 320 g/mol. The van der Waals surface area contributed by atoms with Crippen LogP contribution in [0.25, 0.3) is 12.2 Å². The van der Waals surface area contributed by atoms with Crippen molar-refractivity contribution >= 4 is 12.2 Å². The first-order valence-corrected chi connectivity index (χ1v) is 7.68. The SMILES string of the molecule is C=CCc1ccc(/C=C\c2cc(OC)c(OC)c(OC)c2)c(O)c1O. The molecule has 2 rings (SSSR count). The smallest absolute Gasteiger partial charge is 0.203 e. The number of phenols is 2. The zero-order chi connectivity index (χ0) is 18.4. The number of aromatic hydroxyl groups is 2. The molecule has 0 aliphatic heterocycles. The molecule has 0 unspecified atom stereocenters. The largest absolute Gasteiger partial charge is 0.504 e. The van der Waals surface area contributed by atoms with E-state index in [4.69, 9.17) is 14.2 Å². The molecule has 5 heteroatoms. The minimum absolute atomic E-state index is 0.132. The van der Waals surface area contributed by atoms with Crippen molar-refractivity contribution in [3.05, 3.63) is 53.6 Å². The van der Waals surface area contributed by atoms with Crippen LogP contribution in [0.3, 0.4) is 0 Å². The Balaban J connectivity index is 2.39. The Labute approximate surface area is 147 Å². The molecule has 25 heavy (non-hydrogen) atoms. The van der Waals surface area contributed by atoms with Crippen LogP contribution in [0.15, 0.2) is 36.9 Å². The van der Waals surface area contributed by atoms with E-state index in [-0.39, 0.29) is 11.5 Å². The Bertz CT molecular complexity index is 768. The standard InChI is InChI=1S/C20H22O5/c1-5-6-14-9-10-15(19(22)18(14)21)8-7-13-11-16(23-2)20(25-4)17(12-13)24-3/h5,7-12,21-22H,1,6H2,2-4H3/b8-7-. The number of ether oxygens (including phenoxy) is 3. The van der Waals surface area contributed by atoms with Crippen molar-refractivity contribution in [1.82, 2.24) is 0 Å². The Morgan fingerprint density at radius 1 is 0.920 bits per heavy atom. The molecule has 5 nitrogen and oxygen atoms in total. The van der Waals surface area contributed by atoms with Crippen LogP contribution in [0.2, 0.25) is 0 Å². The first kappa shape index (κ1) is 18.3. The van der Waals surface area contributed by atoms with Crippen molar-refractivity contribution in [2.45, 2.75) is 6.42 Å². The molecule has 132 valence electrons. The van der Waals surface area contributed by atoms with Gasteiger partial charge in [0.1, 0.15) is 0 Å². The summed E-state index contributed by atoms with van der Waals surface area (Å²) in [4.78, 5) is 0. The summed E-state index contributed by atoms with van der Waals surface area (Å²) in [5, 5.41) is 20.2. The Hall–Kier alpha value is -3.08. The second kappa shape index (κ2) is 8.15. The average molecular weight is 342 g/mol. The van der Waals surface area contributed by atoms with Gasteiger partial charge in [-0.25, -0.2) is 0 Å². The highest BCUT2D eigenvalue weighted by Crippen LogP contribution is 2.39. The fourth-order valence-corrected chi connectivity index (χ4v) is 2.48. The van der Waals surface area contributed by atoms with Gasteiger partial charge in [0.15, 0.2) is 23.0 Å². The van der Waals surface area contributed by atoms with Gasteiger partial charge in [-0.3, -0.25) is 0 Å². The molecule has 0 fully saturated rings. The van der Waals surface area contributed by atoms with E-state index in [9.17, 15) is 10.2 Å². The van der Waals surface area contributed by atoms with Crippen LogP contribution < -0.4 is 14.2 Å². The van der Waals surface area contributed by atoms with Crippen LogP contribution in [-0.2, 0) is 6.42 Å². The highest BCUT2D eigenvalue weighted by Gasteiger charge is 2.13. The summed E-state index contributed by atoms with van der Waals surface area (Å²) < 4.78 is 15.9. The number of hydrogen-bond donors (Lipinski definition) is 2. The van der Waals surface area contributed by atoms with E-state index < -0.39 is 0 Å². The van der Waals surface area contributed by atoms with Gasteiger partial charge in [0.05, 0.1) is 21.3 Å². The lowest BCUT2D eigenvalue weighted by Crippen LogP contribution is -1.95. The van der Waals surface area contributed by atoms with Crippen LogP contribution >= 0.6 is 0 Å². The van der Waals surface area contributed by atoms with Crippen LogP contribution in [0.5, 0.6) is 28.7 Å². The summed E-state index contributed by atoms with van der Waals surface area (Å²) in [6, 6.07) is 7.08. The topological polar surface area (TPSA) is 68.2 Å². The molecule has 0 aliphatic carbocycles. The van der Waals surface area contributed by atoms with Crippen LogP contribution in [0.1, 0.15) is 16.7 Å². The molecule has 0 aromatic heterocycles. The number of phenolic OH excluding ortho intramolecular Hbond substituents is 2. The highest BCUT2D eigenvalue weighted by atomic mass is 16.5. The number of allylic oxidation sites excluding steroid dienone is 1. The van der Waals surface area contributed by atoms with Crippen LogP contribution in [-0.4, -0.2) is 31.5 Å². The second-order valence-electron chi connectivity index (χ2n) is 5.30. The minimum Gasteiger partial charge on any atom is -0.504 e. The predicted octanol–water partition coefficient (Wildman–Crippen LogP) is 4.02. The summed E-state index contributed by atoms with van der Waals surface area (Å²) in [6.45, 7) is 3.63. The first-order valence-electron chi connectivity index (χ1n) is 7.68. The van der Waals surface area contributed by atoms with E-state index >= 15 is 0 Å². The Morgan fingerprint density at radius 3 is 2.08 bits per heavy atom. The van der Waals surface area contributed by atoms with Crippen molar-refractivity contribution in [2.75, 3.05) is 21.3 Å². The lowest BCUT2D eigenvalue weighted by molar-refractivity contribution is 0.324. The molecule has 2 aromatic carbocycles. The molecule has 2 N–H and O–H groups in total. The number of benzene rings is 2. The van der Waals surface area contributed by atoms with Gasteiger partial charge >= 0.3 is 0 Å². The Kier molecular flexibility index (Phi) is 5.95. The fourth-order valence-electron chi connectivity index (χ4n) is 2.48. The van der Waals surface area contributed by atoms with E-state index in [1.165, 1.54) is 0 Å². The van der Waals surface area contributed by atoms with Gasteiger partial charge < -0.3 is 24.4 Å². The summed E-state index contributed by atoms with van der Waals surface area (Å²) in [5.41, 5.74) is 1.92. The third kappa shape index (κ3) is 3.88. The molecule has 0 atom stereocenters. The van der Waals surface area contributed by atoms with Crippen molar-refractivity contribution in [3.8, 4) is 28.7 Å². The maximum atomic E-state index is 10.2. The molecule has 0 spiro atoms. The van der Waals surface area contributed by atoms with Gasteiger partial charge in [-0.2, -0.15) is 0 Å².